The highest BCUT2D eigenvalue weighted by molar-refractivity contribution is 5.78. The summed E-state index contributed by atoms with van der Waals surface area (Å²) in [5.74, 6) is -0.131. The van der Waals surface area contributed by atoms with Crippen LogP contribution in [-0.2, 0) is 42.7 Å². The van der Waals surface area contributed by atoms with Gasteiger partial charge in [0.2, 0.25) is 0 Å². The summed E-state index contributed by atoms with van der Waals surface area (Å²) in [6.07, 6.45) is 9.96. The lowest BCUT2D eigenvalue weighted by molar-refractivity contribution is -0.131. The van der Waals surface area contributed by atoms with E-state index in [4.69, 9.17) is 47.7 Å². The summed E-state index contributed by atoms with van der Waals surface area (Å²) in [6, 6.07) is 9.70. The topological polar surface area (TPSA) is 120 Å². The van der Waals surface area contributed by atoms with Gasteiger partial charge in [-0.2, -0.15) is 0 Å². The maximum Gasteiger partial charge on any atom is 0.327 e. The molecule has 0 aromatic heterocycles. The molecule has 0 saturated carbocycles. The van der Waals surface area contributed by atoms with Crippen molar-refractivity contribution in [2.75, 3.05) is 112 Å². The molecule has 1 rings (SSSR count). The number of hydrogen-bond donors (Lipinski definition) is 1. The molecule has 0 radical (unpaired) electrons. The fourth-order valence-corrected chi connectivity index (χ4v) is 3.54. The van der Waals surface area contributed by atoms with Crippen molar-refractivity contribution in [2.45, 2.75) is 51.9 Å². The van der Waals surface area contributed by atoms with Crippen LogP contribution in [0.2, 0.25) is 0 Å². The molecule has 0 saturated heterocycles. The van der Waals surface area contributed by atoms with Crippen LogP contribution in [0.1, 0.15) is 51.9 Å². The van der Waals surface area contributed by atoms with Crippen LogP contribution in [0.3, 0.4) is 0 Å². The van der Waals surface area contributed by atoms with Crippen molar-refractivity contribution in [2.24, 2.45) is 0 Å². The van der Waals surface area contributed by atoms with E-state index in [0.29, 0.717) is 106 Å². The van der Waals surface area contributed by atoms with Gasteiger partial charge in [-0.05, 0) is 18.6 Å². The number of benzene rings is 1. The summed E-state index contributed by atoms with van der Waals surface area (Å²) in [7, 11) is 0. The lowest BCUT2D eigenvalue weighted by atomic mass is 10.1. The standard InChI is InChI=1S/C31H56O9.C3H4O2/c1-2-3-4-5-6-7-11-14-32-15-16-33-17-18-34-19-20-35-21-22-36-23-24-37-25-26-38-27-28-39-29-30-40-31-12-9-8-10-13-31;1-2-3(4)5/h8-10,12-13H,2-7,11,14-30H2,1H3;2H,1H2,(H,4,5). The molecule has 11 heteroatoms. The number of para-hydroxylation sites is 1. The average Bonchev–Trinajstić information content (AvgIpc) is 3.06. The number of aliphatic carboxylic acids is 1. The SMILES string of the molecule is C=CC(=O)O.CCCCCCCCCOCCOCCOCCOCCOCCOCCOCCOCCOc1ccccc1. The molecule has 1 N–H and O–H groups in total. The van der Waals surface area contributed by atoms with Gasteiger partial charge in [-0.1, -0.05) is 70.2 Å². The van der Waals surface area contributed by atoms with Crippen molar-refractivity contribution in [3.63, 3.8) is 0 Å². The average molecular weight is 645 g/mol. The fourth-order valence-electron chi connectivity index (χ4n) is 3.54. The van der Waals surface area contributed by atoms with Crippen LogP contribution in [0.25, 0.3) is 0 Å². The van der Waals surface area contributed by atoms with E-state index in [1.165, 1.54) is 38.5 Å². The normalized spacial score (nSPS) is 10.8. The number of unbranched alkanes of at least 4 members (excludes halogenated alkanes) is 6. The molecule has 1 aromatic rings. The molecule has 0 atom stereocenters. The summed E-state index contributed by atoms with van der Waals surface area (Å²) in [5, 5.41) is 7.60. The van der Waals surface area contributed by atoms with Crippen molar-refractivity contribution < 1.29 is 52.5 Å². The first-order chi connectivity index (χ1) is 22.2. The lowest BCUT2D eigenvalue weighted by Gasteiger charge is -2.09. The third-order valence-corrected chi connectivity index (χ3v) is 5.91. The van der Waals surface area contributed by atoms with Crippen LogP contribution in [0.5, 0.6) is 5.75 Å². The molecular weight excluding hydrogens is 584 g/mol. The van der Waals surface area contributed by atoms with E-state index in [-0.39, 0.29) is 0 Å². The van der Waals surface area contributed by atoms with Gasteiger partial charge < -0.3 is 47.7 Å². The highest BCUT2D eigenvalue weighted by atomic mass is 16.6. The molecule has 0 spiro atoms. The van der Waals surface area contributed by atoms with E-state index in [9.17, 15) is 4.79 Å². The minimum Gasteiger partial charge on any atom is -0.491 e. The molecular formula is C34H60O11. The highest BCUT2D eigenvalue weighted by Crippen LogP contribution is 2.08. The first-order valence-corrected chi connectivity index (χ1v) is 16.4. The number of hydrogen-bond acceptors (Lipinski definition) is 10. The van der Waals surface area contributed by atoms with Gasteiger partial charge in [-0.15, -0.1) is 0 Å². The Morgan fingerprint density at radius 3 is 1.20 bits per heavy atom. The third kappa shape index (κ3) is 38.0. The van der Waals surface area contributed by atoms with Gasteiger partial charge in [0.15, 0.2) is 0 Å². The molecule has 262 valence electrons. The molecule has 0 aliphatic carbocycles. The Hall–Kier alpha value is -2.09. The zero-order valence-electron chi connectivity index (χ0n) is 27.7. The molecule has 1 aromatic carbocycles. The molecule has 11 nitrogen and oxygen atoms in total. The quantitative estimate of drug-likeness (QED) is 0.0787. The Balaban J connectivity index is 0.00000356. The van der Waals surface area contributed by atoms with Crippen molar-refractivity contribution in [3.8, 4) is 5.75 Å². The first kappa shape index (κ1) is 42.9. The highest BCUT2D eigenvalue weighted by Gasteiger charge is 1.97. The van der Waals surface area contributed by atoms with E-state index in [1.54, 1.807) is 0 Å². The van der Waals surface area contributed by atoms with E-state index >= 15 is 0 Å². The third-order valence-electron chi connectivity index (χ3n) is 5.91. The predicted octanol–water partition coefficient (Wildman–Crippen LogP) is 5.21. The second kappa shape index (κ2) is 38.1. The largest absolute Gasteiger partial charge is 0.491 e. The minimum atomic E-state index is -0.981. The smallest absolute Gasteiger partial charge is 0.327 e. The van der Waals surface area contributed by atoms with Gasteiger partial charge in [0.1, 0.15) is 12.4 Å². The van der Waals surface area contributed by atoms with Gasteiger partial charge >= 0.3 is 5.97 Å². The Bertz CT molecular complexity index is 721. The summed E-state index contributed by atoms with van der Waals surface area (Å²) in [4.78, 5) is 9.25. The van der Waals surface area contributed by atoms with Gasteiger partial charge in [0, 0.05) is 12.7 Å². The van der Waals surface area contributed by atoms with Crippen LogP contribution in [-0.4, -0.2) is 123 Å². The van der Waals surface area contributed by atoms with Crippen molar-refractivity contribution in [3.05, 3.63) is 43.0 Å². The summed E-state index contributed by atoms with van der Waals surface area (Å²) < 4.78 is 49.6. The number of carboxylic acid groups (broad SMARTS) is 1. The van der Waals surface area contributed by atoms with Gasteiger partial charge in [0.05, 0.1) is 99.1 Å². The Labute approximate surface area is 271 Å². The Morgan fingerprint density at radius 1 is 0.533 bits per heavy atom. The van der Waals surface area contributed by atoms with E-state index < -0.39 is 5.97 Å². The molecule has 45 heavy (non-hydrogen) atoms. The Kier molecular flexibility index (Phi) is 36.3. The van der Waals surface area contributed by atoms with Crippen LogP contribution >= 0.6 is 0 Å². The van der Waals surface area contributed by atoms with Gasteiger partial charge in [-0.3, -0.25) is 0 Å². The first-order valence-electron chi connectivity index (χ1n) is 16.4. The summed E-state index contributed by atoms with van der Waals surface area (Å²) in [5.41, 5.74) is 0. The van der Waals surface area contributed by atoms with E-state index in [0.717, 1.165) is 24.9 Å². The number of rotatable bonds is 34. The molecule has 0 fully saturated rings. The number of carboxylic acids is 1. The van der Waals surface area contributed by atoms with Gasteiger partial charge in [-0.25, -0.2) is 4.79 Å². The minimum absolute atomic E-state index is 0.525. The van der Waals surface area contributed by atoms with Crippen LogP contribution in [0.15, 0.2) is 43.0 Å². The van der Waals surface area contributed by atoms with E-state index in [1.807, 2.05) is 30.3 Å². The summed E-state index contributed by atoms with van der Waals surface area (Å²) in [6.45, 7) is 14.9. The predicted molar refractivity (Wildman–Crippen MR) is 174 cm³/mol. The second-order valence-electron chi connectivity index (χ2n) is 9.72. The van der Waals surface area contributed by atoms with Crippen LogP contribution < -0.4 is 4.74 Å². The fraction of sp³-hybridized carbons (Fsp3) is 0.735. The zero-order chi connectivity index (χ0) is 32.7. The van der Waals surface area contributed by atoms with Crippen LogP contribution in [0.4, 0.5) is 0 Å². The zero-order valence-corrected chi connectivity index (χ0v) is 27.7. The molecule has 0 heterocycles. The Morgan fingerprint density at radius 2 is 0.844 bits per heavy atom. The number of ether oxygens (including phenoxy) is 9. The summed E-state index contributed by atoms with van der Waals surface area (Å²) >= 11 is 0. The maximum atomic E-state index is 9.25. The lowest BCUT2D eigenvalue weighted by Crippen LogP contribution is -2.15. The number of carbonyl (C=O) groups is 1. The molecule has 0 bridgehead atoms. The molecule has 0 unspecified atom stereocenters. The van der Waals surface area contributed by atoms with Crippen LogP contribution in [0, 0.1) is 0 Å². The monoisotopic (exact) mass is 644 g/mol. The molecule has 0 amide bonds. The van der Waals surface area contributed by atoms with Gasteiger partial charge in [0.25, 0.3) is 0 Å². The maximum absolute atomic E-state index is 9.25. The molecule has 0 aliphatic heterocycles. The second-order valence-corrected chi connectivity index (χ2v) is 9.72. The van der Waals surface area contributed by atoms with Crippen molar-refractivity contribution >= 4 is 5.97 Å². The molecule has 0 aliphatic rings. The van der Waals surface area contributed by atoms with Crippen molar-refractivity contribution in [1.29, 1.82) is 0 Å². The van der Waals surface area contributed by atoms with Crippen molar-refractivity contribution in [1.82, 2.24) is 0 Å². The van der Waals surface area contributed by atoms with E-state index in [2.05, 4.69) is 13.5 Å².